The minimum absolute atomic E-state index is 0.0982. The van der Waals surface area contributed by atoms with Crippen LogP contribution in [0.1, 0.15) is 11.1 Å². The molecule has 0 saturated carbocycles. The van der Waals surface area contributed by atoms with Crippen LogP contribution in [0.2, 0.25) is 5.02 Å². The molecule has 0 unspecified atom stereocenters. The molecule has 6 nitrogen and oxygen atoms in total. The number of hydrazone groups is 1. The molecule has 0 aromatic heterocycles. The van der Waals surface area contributed by atoms with Crippen LogP contribution in [0.25, 0.3) is 0 Å². The zero-order valence-electron chi connectivity index (χ0n) is 16.6. The molecular weight excluding hydrogens is 460 g/mol. The lowest BCUT2D eigenvalue weighted by Crippen LogP contribution is -2.39. The Morgan fingerprint density at radius 3 is 2.44 bits per heavy atom. The van der Waals surface area contributed by atoms with E-state index in [1.807, 2.05) is 0 Å². The predicted molar refractivity (Wildman–Crippen MR) is 118 cm³/mol. The molecule has 32 heavy (non-hydrogen) atoms. The van der Waals surface area contributed by atoms with E-state index in [2.05, 4.69) is 10.5 Å². The van der Waals surface area contributed by atoms with Crippen molar-refractivity contribution in [2.24, 2.45) is 5.10 Å². The zero-order valence-corrected chi connectivity index (χ0v) is 18.2. The summed E-state index contributed by atoms with van der Waals surface area (Å²) in [5.41, 5.74) is 2.70. The lowest BCUT2D eigenvalue weighted by atomic mass is 10.2. The molecule has 1 N–H and O–H groups in total. The third-order valence-corrected chi connectivity index (χ3v) is 6.39. The molecule has 0 aliphatic rings. The molecule has 0 atom stereocenters. The average Bonchev–Trinajstić information content (AvgIpc) is 2.75. The number of hydrogen-bond donors (Lipinski definition) is 1. The maximum absolute atomic E-state index is 14.2. The number of nitrogens with zero attached hydrogens (tertiary/aromatic N) is 2. The number of carbonyl (C=O) groups excluding carboxylic acids is 1. The smallest absolute Gasteiger partial charge is 0.255 e. The summed E-state index contributed by atoms with van der Waals surface area (Å²) in [6.45, 7) is -1.00. The first-order valence-electron chi connectivity index (χ1n) is 9.32. The maximum Gasteiger partial charge on any atom is 0.255 e. The van der Waals surface area contributed by atoms with Crippen molar-refractivity contribution < 1.29 is 22.0 Å². The predicted octanol–water partition coefficient (Wildman–Crippen LogP) is 3.96. The minimum Gasteiger partial charge on any atom is -0.272 e. The van der Waals surface area contributed by atoms with Gasteiger partial charge in [-0.2, -0.15) is 9.41 Å². The summed E-state index contributed by atoms with van der Waals surface area (Å²) < 4.78 is 54.5. The summed E-state index contributed by atoms with van der Waals surface area (Å²) in [5.74, 6) is -1.83. The quantitative estimate of drug-likeness (QED) is 0.394. The van der Waals surface area contributed by atoms with Gasteiger partial charge < -0.3 is 0 Å². The topological polar surface area (TPSA) is 78.8 Å². The van der Waals surface area contributed by atoms with Gasteiger partial charge in [0, 0.05) is 17.1 Å². The average molecular weight is 478 g/mol. The van der Waals surface area contributed by atoms with Crippen molar-refractivity contribution in [3.8, 4) is 0 Å². The van der Waals surface area contributed by atoms with Crippen molar-refractivity contribution in [1.82, 2.24) is 9.73 Å². The van der Waals surface area contributed by atoms with Crippen LogP contribution in [0.15, 0.2) is 82.8 Å². The molecule has 0 aliphatic carbocycles. The molecule has 0 radical (unpaired) electrons. The summed E-state index contributed by atoms with van der Waals surface area (Å²) >= 11 is 5.83. The van der Waals surface area contributed by atoms with Gasteiger partial charge in [0.15, 0.2) is 0 Å². The van der Waals surface area contributed by atoms with E-state index in [9.17, 15) is 22.0 Å². The number of rotatable bonds is 8. The van der Waals surface area contributed by atoms with Crippen molar-refractivity contribution in [1.29, 1.82) is 0 Å². The SMILES string of the molecule is O=C(CN(Cc1ccccc1F)S(=O)(=O)c1ccc(Cl)cc1)N/N=C\c1cccc(F)c1. The number of benzene rings is 3. The van der Waals surface area contributed by atoms with Crippen LogP contribution in [-0.2, 0) is 21.4 Å². The van der Waals surface area contributed by atoms with E-state index in [1.165, 1.54) is 66.9 Å². The van der Waals surface area contributed by atoms with Crippen molar-refractivity contribution in [2.45, 2.75) is 11.4 Å². The monoisotopic (exact) mass is 477 g/mol. The molecule has 166 valence electrons. The highest BCUT2D eigenvalue weighted by molar-refractivity contribution is 7.89. The van der Waals surface area contributed by atoms with E-state index in [0.717, 1.165) is 4.31 Å². The molecule has 3 aromatic carbocycles. The summed E-state index contributed by atoms with van der Waals surface area (Å²) in [5, 5.41) is 4.06. The standard InChI is InChI=1S/C22H18ClF2N3O3S/c23-18-8-10-20(11-9-18)32(30,31)28(14-17-5-1-2-7-21(17)25)15-22(29)27-26-13-16-4-3-6-19(24)12-16/h1-13H,14-15H2,(H,27,29)/b26-13-. The van der Waals surface area contributed by atoms with E-state index < -0.39 is 34.1 Å². The van der Waals surface area contributed by atoms with Crippen molar-refractivity contribution in [3.63, 3.8) is 0 Å². The fraction of sp³-hybridized carbons (Fsp3) is 0.0909. The van der Waals surface area contributed by atoms with Gasteiger partial charge in [-0.3, -0.25) is 4.79 Å². The second kappa shape index (κ2) is 10.4. The van der Waals surface area contributed by atoms with Crippen molar-refractivity contribution in [2.75, 3.05) is 6.54 Å². The molecule has 1 amide bonds. The summed E-state index contributed by atoms with van der Waals surface area (Å²) in [6, 6.07) is 16.6. The Morgan fingerprint density at radius 1 is 1.03 bits per heavy atom. The van der Waals surface area contributed by atoms with Gasteiger partial charge in [-0.1, -0.05) is 41.9 Å². The first kappa shape index (κ1) is 23.5. The van der Waals surface area contributed by atoms with Crippen LogP contribution in [-0.4, -0.2) is 31.4 Å². The third kappa shape index (κ3) is 6.19. The molecule has 0 spiro atoms. The van der Waals surface area contributed by atoms with Crippen LogP contribution in [0.3, 0.4) is 0 Å². The Balaban J connectivity index is 1.81. The molecule has 3 aromatic rings. The third-order valence-electron chi connectivity index (χ3n) is 4.33. The number of amides is 1. The van der Waals surface area contributed by atoms with Crippen LogP contribution >= 0.6 is 11.6 Å². The highest BCUT2D eigenvalue weighted by Crippen LogP contribution is 2.21. The molecule has 0 aliphatic heterocycles. The molecule has 0 saturated heterocycles. The normalized spacial score (nSPS) is 11.8. The summed E-state index contributed by atoms with van der Waals surface area (Å²) in [6.07, 6.45) is 1.22. The zero-order chi connectivity index (χ0) is 23.1. The van der Waals surface area contributed by atoms with Gasteiger partial charge in [0.1, 0.15) is 11.6 Å². The van der Waals surface area contributed by atoms with Gasteiger partial charge in [0.2, 0.25) is 10.0 Å². The number of nitrogens with one attached hydrogen (secondary N) is 1. The highest BCUT2D eigenvalue weighted by Gasteiger charge is 2.27. The van der Waals surface area contributed by atoms with Crippen LogP contribution in [0.4, 0.5) is 8.78 Å². The van der Waals surface area contributed by atoms with Gasteiger partial charge in [-0.15, -0.1) is 0 Å². The van der Waals surface area contributed by atoms with E-state index in [0.29, 0.717) is 10.6 Å². The van der Waals surface area contributed by atoms with Crippen molar-refractivity contribution >= 4 is 33.7 Å². The highest BCUT2D eigenvalue weighted by atomic mass is 35.5. The van der Waals surface area contributed by atoms with Gasteiger partial charge in [-0.05, 0) is 48.0 Å². The molecule has 0 bridgehead atoms. The minimum atomic E-state index is -4.16. The Hall–Kier alpha value is -3.14. The first-order chi connectivity index (χ1) is 15.3. The molecule has 0 fully saturated rings. The lowest BCUT2D eigenvalue weighted by Gasteiger charge is -2.21. The van der Waals surface area contributed by atoms with Gasteiger partial charge in [0.05, 0.1) is 17.7 Å². The van der Waals surface area contributed by atoms with Gasteiger partial charge in [0.25, 0.3) is 5.91 Å². The van der Waals surface area contributed by atoms with E-state index in [4.69, 9.17) is 11.6 Å². The number of carbonyl (C=O) groups is 1. The largest absolute Gasteiger partial charge is 0.272 e. The Morgan fingerprint density at radius 2 is 1.75 bits per heavy atom. The molecule has 3 rings (SSSR count). The first-order valence-corrected chi connectivity index (χ1v) is 11.1. The van der Waals surface area contributed by atoms with Gasteiger partial charge in [-0.25, -0.2) is 22.6 Å². The van der Waals surface area contributed by atoms with E-state index >= 15 is 0 Å². The number of halogens is 3. The van der Waals surface area contributed by atoms with Crippen LogP contribution < -0.4 is 5.43 Å². The number of hydrogen-bond acceptors (Lipinski definition) is 4. The molecule has 10 heteroatoms. The molecular formula is C22H18ClF2N3O3S. The Bertz CT molecular complexity index is 1240. The van der Waals surface area contributed by atoms with Crippen molar-refractivity contribution in [3.05, 3.63) is 101 Å². The summed E-state index contributed by atoms with van der Waals surface area (Å²) in [4.78, 5) is 12.3. The van der Waals surface area contributed by atoms with Gasteiger partial charge >= 0.3 is 0 Å². The Kier molecular flexibility index (Phi) is 7.68. The Labute approximate surface area is 189 Å². The fourth-order valence-corrected chi connectivity index (χ4v) is 4.26. The number of sulfonamides is 1. The van der Waals surface area contributed by atoms with E-state index in [-0.39, 0.29) is 17.0 Å². The molecule has 0 heterocycles. The summed E-state index contributed by atoms with van der Waals surface area (Å²) in [7, 11) is -4.16. The second-order valence-corrected chi connectivity index (χ2v) is 9.04. The van der Waals surface area contributed by atoms with Crippen LogP contribution in [0, 0.1) is 11.6 Å². The maximum atomic E-state index is 14.2. The van der Waals surface area contributed by atoms with Crippen LogP contribution in [0.5, 0.6) is 0 Å². The second-order valence-electron chi connectivity index (χ2n) is 6.67. The lowest BCUT2D eigenvalue weighted by molar-refractivity contribution is -0.121. The van der Waals surface area contributed by atoms with E-state index in [1.54, 1.807) is 12.1 Å². The fourth-order valence-electron chi connectivity index (χ4n) is 2.76.